The first-order valence-corrected chi connectivity index (χ1v) is 12.5. The first kappa shape index (κ1) is 23.6. The Morgan fingerprint density at radius 3 is 2.52 bits per heavy atom. The van der Waals surface area contributed by atoms with E-state index in [9.17, 15) is 4.79 Å². The fraction of sp³-hybridized carbons (Fsp3) is 0.185. The summed E-state index contributed by atoms with van der Waals surface area (Å²) in [6.07, 6.45) is 5.20. The van der Waals surface area contributed by atoms with E-state index in [-0.39, 0.29) is 5.91 Å². The zero-order valence-electron chi connectivity index (χ0n) is 18.3. The van der Waals surface area contributed by atoms with Crippen LogP contribution in [0.4, 0.5) is 5.69 Å². The SMILES string of the molecule is CCCCc1ccc(N2C(=O)/C(=C/c3ccccc3OCc3ccccc3Cl)SC2=S)cc1. The molecule has 33 heavy (non-hydrogen) atoms. The van der Waals surface area contributed by atoms with Crippen molar-refractivity contribution in [2.75, 3.05) is 4.90 Å². The summed E-state index contributed by atoms with van der Waals surface area (Å²) in [6.45, 7) is 2.52. The van der Waals surface area contributed by atoms with E-state index in [0.29, 0.717) is 26.6 Å². The van der Waals surface area contributed by atoms with Gasteiger partial charge in [-0.25, -0.2) is 0 Å². The Morgan fingerprint density at radius 2 is 1.76 bits per heavy atom. The molecule has 3 nitrogen and oxygen atoms in total. The minimum atomic E-state index is -0.118. The largest absolute Gasteiger partial charge is 0.488 e. The summed E-state index contributed by atoms with van der Waals surface area (Å²) >= 11 is 13.1. The molecule has 6 heteroatoms. The van der Waals surface area contributed by atoms with E-state index in [0.717, 1.165) is 36.1 Å². The van der Waals surface area contributed by atoms with Crippen LogP contribution in [0.15, 0.2) is 77.7 Å². The van der Waals surface area contributed by atoms with Crippen LogP contribution < -0.4 is 9.64 Å². The summed E-state index contributed by atoms with van der Waals surface area (Å²) < 4.78 is 6.57. The molecule has 0 saturated carbocycles. The number of hydrogen-bond donors (Lipinski definition) is 0. The third-order valence-electron chi connectivity index (χ3n) is 5.35. The van der Waals surface area contributed by atoms with Crippen LogP contribution in [0.25, 0.3) is 6.08 Å². The summed E-state index contributed by atoms with van der Waals surface area (Å²) in [5.74, 6) is 0.565. The first-order chi connectivity index (χ1) is 16.1. The van der Waals surface area contributed by atoms with Crippen molar-refractivity contribution in [1.82, 2.24) is 0 Å². The number of carbonyl (C=O) groups is 1. The second-order valence-corrected chi connectivity index (χ2v) is 9.79. The van der Waals surface area contributed by atoms with Gasteiger partial charge in [-0.3, -0.25) is 9.69 Å². The standard InChI is InChI=1S/C27H24ClNO2S2/c1-2-3-8-19-13-15-22(16-14-19)29-26(30)25(33-27(29)32)17-20-9-5-7-12-24(20)31-18-21-10-4-6-11-23(21)28/h4-7,9-17H,2-3,8,18H2,1H3/b25-17-. The molecule has 1 saturated heterocycles. The van der Waals surface area contributed by atoms with Gasteiger partial charge in [0.15, 0.2) is 4.32 Å². The van der Waals surface area contributed by atoms with Crippen molar-refractivity contribution in [1.29, 1.82) is 0 Å². The van der Waals surface area contributed by atoms with Gasteiger partial charge >= 0.3 is 0 Å². The van der Waals surface area contributed by atoms with Crippen LogP contribution in [0.1, 0.15) is 36.5 Å². The van der Waals surface area contributed by atoms with E-state index in [1.807, 2.05) is 66.7 Å². The molecule has 0 bridgehead atoms. The van der Waals surface area contributed by atoms with E-state index in [2.05, 4.69) is 19.1 Å². The quantitative estimate of drug-likeness (QED) is 0.238. The smallest absolute Gasteiger partial charge is 0.270 e. The molecule has 1 fully saturated rings. The number of anilines is 1. The lowest BCUT2D eigenvalue weighted by Crippen LogP contribution is -2.27. The molecule has 0 atom stereocenters. The van der Waals surface area contributed by atoms with Gasteiger partial charge in [0.2, 0.25) is 0 Å². The van der Waals surface area contributed by atoms with Gasteiger partial charge in [-0.2, -0.15) is 0 Å². The first-order valence-electron chi connectivity index (χ1n) is 10.9. The highest BCUT2D eigenvalue weighted by Crippen LogP contribution is 2.37. The average molecular weight is 494 g/mol. The maximum atomic E-state index is 13.2. The number of thioether (sulfide) groups is 1. The van der Waals surface area contributed by atoms with E-state index >= 15 is 0 Å². The number of para-hydroxylation sites is 1. The van der Waals surface area contributed by atoms with Gasteiger partial charge < -0.3 is 4.74 Å². The van der Waals surface area contributed by atoms with E-state index in [4.69, 9.17) is 28.6 Å². The number of unbranched alkanes of at least 4 members (excludes halogenated alkanes) is 1. The minimum absolute atomic E-state index is 0.118. The van der Waals surface area contributed by atoms with Crippen LogP contribution in [-0.4, -0.2) is 10.2 Å². The van der Waals surface area contributed by atoms with Gasteiger partial charge in [0.05, 0.1) is 10.6 Å². The lowest BCUT2D eigenvalue weighted by molar-refractivity contribution is -0.113. The summed E-state index contributed by atoms with van der Waals surface area (Å²) in [7, 11) is 0. The lowest BCUT2D eigenvalue weighted by Gasteiger charge is -2.15. The Morgan fingerprint density at radius 1 is 1.03 bits per heavy atom. The Hall–Kier alpha value is -2.60. The monoisotopic (exact) mass is 493 g/mol. The number of halogens is 1. The zero-order chi connectivity index (χ0) is 23.2. The Kier molecular flexibility index (Phi) is 7.86. The molecule has 0 aromatic heterocycles. The van der Waals surface area contributed by atoms with E-state index in [1.54, 1.807) is 4.90 Å². The highest BCUT2D eigenvalue weighted by Gasteiger charge is 2.33. The second-order valence-electron chi connectivity index (χ2n) is 7.71. The number of benzene rings is 3. The Labute approximate surface area is 209 Å². The predicted octanol–water partition coefficient (Wildman–Crippen LogP) is 7.67. The molecule has 0 radical (unpaired) electrons. The molecule has 1 heterocycles. The lowest BCUT2D eigenvalue weighted by atomic mass is 10.1. The molecule has 3 aromatic carbocycles. The van der Waals surface area contributed by atoms with Crippen LogP contribution in [0.5, 0.6) is 5.75 Å². The van der Waals surface area contributed by atoms with Gasteiger partial charge in [0.1, 0.15) is 12.4 Å². The molecule has 0 aliphatic carbocycles. The van der Waals surface area contributed by atoms with E-state index in [1.165, 1.54) is 17.3 Å². The van der Waals surface area contributed by atoms with Crippen LogP contribution in [-0.2, 0) is 17.8 Å². The van der Waals surface area contributed by atoms with Gasteiger partial charge in [-0.15, -0.1) is 0 Å². The number of hydrogen-bond acceptors (Lipinski definition) is 4. The normalized spacial score (nSPS) is 14.8. The fourth-order valence-electron chi connectivity index (χ4n) is 3.53. The van der Waals surface area contributed by atoms with Gasteiger partial charge in [-0.05, 0) is 48.7 Å². The third kappa shape index (κ3) is 5.67. The van der Waals surface area contributed by atoms with Crippen molar-refractivity contribution >= 4 is 57.6 Å². The molecule has 1 aliphatic rings. The number of amides is 1. The summed E-state index contributed by atoms with van der Waals surface area (Å²) in [5.41, 5.74) is 3.79. The topological polar surface area (TPSA) is 29.5 Å². The van der Waals surface area contributed by atoms with Crippen molar-refractivity contribution in [2.45, 2.75) is 32.8 Å². The zero-order valence-corrected chi connectivity index (χ0v) is 20.7. The van der Waals surface area contributed by atoms with Crippen molar-refractivity contribution in [3.05, 3.63) is 99.4 Å². The number of aryl methyl sites for hydroxylation is 1. The maximum absolute atomic E-state index is 13.2. The molecular formula is C27H24ClNO2S2. The second kappa shape index (κ2) is 11.0. The predicted molar refractivity (Wildman–Crippen MR) is 143 cm³/mol. The highest BCUT2D eigenvalue weighted by molar-refractivity contribution is 8.27. The molecular weight excluding hydrogens is 470 g/mol. The fourth-order valence-corrected chi connectivity index (χ4v) is 5.01. The summed E-state index contributed by atoms with van der Waals surface area (Å²) in [4.78, 5) is 15.4. The molecule has 0 N–H and O–H groups in total. The van der Waals surface area contributed by atoms with Gasteiger partial charge in [0, 0.05) is 16.1 Å². The third-order valence-corrected chi connectivity index (χ3v) is 7.02. The molecule has 1 amide bonds. The van der Waals surface area contributed by atoms with Crippen LogP contribution in [0, 0.1) is 0 Å². The molecule has 0 spiro atoms. The van der Waals surface area contributed by atoms with Crippen molar-refractivity contribution in [2.24, 2.45) is 0 Å². The number of carbonyl (C=O) groups excluding carboxylic acids is 1. The Bertz CT molecular complexity index is 1190. The summed E-state index contributed by atoms with van der Waals surface area (Å²) in [6, 6.07) is 23.3. The number of rotatable bonds is 8. The number of nitrogens with zero attached hydrogens (tertiary/aromatic N) is 1. The molecule has 4 rings (SSSR count). The summed E-state index contributed by atoms with van der Waals surface area (Å²) in [5, 5.41) is 0.663. The van der Waals surface area contributed by atoms with E-state index < -0.39 is 0 Å². The number of thiocarbonyl (C=S) groups is 1. The van der Waals surface area contributed by atoms with Gasteiger partial charge in [0.25, 0.3) is 5.91 Å². The van der Waals surface area contributed by atoms with Crippen LogP contribution >= 0.6 is 35.6 Å². The Balaban J connectivity index is 1.52. The molecule has 0 unspecified atom stereocenters. The number of ether oxygens (including phenoxy) is 1. The average Bonchev–Trinajstić information content (AvgIpc) is 3.11. The maximum Gasteiger partial charge on any atom is 0.270 e. The van der Waals surface area contributed by atoms with Crippen molar-refractivity contribution in [3.63, 3.8) is 0 Å². The minimum Gasteiger partial charge on any atom is -0.488 e. The molecule has 168 valence electrons. The van der Waals surface area contributed by atoms with Crippen molar-refractivity contribution < 1.29 is 9.53 Å². The molecule has 3 aromatic rings. The van der Waals surface area contributed by atoms with Gasteiger partial charge in [-0.1, -0.05) is 97.5 Å². The van der Waals surface area contributed by atoms with Crippen LogP contribution in [0.2, 0.25) is 5.02 Å². The molecule has 1 aliphatic heterocycles. The highest BCUT2D eigenvalue weighted by atomic mass is 35.5. The van der Waals surface area contributed by atoms with Crippen LogP contribution in [0.3, 0.4) is 0 Å². The van der Waals surface area contributed by atoms with Crippen molar-refractivity contribution in [3.8, 4) is 5.75 Å².